The van der Waals surface area contributed by atoms with Crippen LogP contribution in [0.1, 0.15) is 31.4 Å². The van der Waals surface area contributed by atoms with Gasteiger partial charge in [-0.3, -0.25) is 19.6 Å². The fraction of sp³-hybridized carbons (Fsp3) is 0.407. The predicted molar refractivity (Wildman–Crippen MR) is 159 cm³/mol. The molecule has 0 aliphatic carbocycles. The van der Waals surface area contributed by atoms with Crippen molar-refractivity contribution in [3.8, 4) is 5.75 Å². The van der Waals surface area contributed by atoms with Crippen molar-refractivity contribution < 1.29 is 26.7 Å². The zero-order valence-electron chi connectivity index (χ0n) is 22.7. The number of hydrogen-bond acceptors (Lipinski definition) is 6. The van der Waals surface area contributed by atoms with E-state index in [9.17, 15) is 22.0 Å². The van der Waals surface area contributed by atoms with Crippen molar-refractivity contribution in [1.29, 1.82) is 0 Å². The molecule has 8 nitrogen and oxygen atoms in total. The van der Waals surface area contributed by atoms with E-state index in [2.05, 4.69) is 16.4 Å². The van der Waals surface area contributed by atoms with Crippen LogP contribution in [0.2, 0.25) is 5.02 Å². The van der Waals surface area contributed by atoms with Crippen LogP contribution in [0.3, 0.4) is 0 Å². The first-order chi connectivity index (χ1) is 18.8. The largest absolute Gasteiger partial charge is 0.430 e. The molecule has 0 radical (unpaired) electrons. The van der Waals surface area contributed by atoms with Crippen molar-refractivity contribution in [2.75, 3.05) is 31.7 Å². The van der Waals surface area contributed by atoms with Gasteiger partial charge in [-0.1, -0.05) is 37.6 Å². The molecule has 2 aromatic rings. The number of alkyl halides is 2. The van der Waals surface area contributed by atoms with Crippen LogP contribution >= 0.6 is 20.8 Å². The molecular weight excluding hydrogens is 581 g/mol. The maximum absolute atomic E-state index is 13.8. The summed E-state index contributed by atoms with van der Waals surface area (Å²) in [5, 5.41) is 0.485. The van der Waals surface area contributed by atoms with Gasteiger partial charge in [-0.25, -0.2) is 12.7 Å². The lowest BCUT2D eigenvalue weighted by atomic mass is 10.0. The molecule has 0 saturated carbocycles. The summed E-state index contributed by atoms with van der Waals surface area (Å²) in [6, 6.07) is 10.7. The monoisotopic (exact) mass is 614 g/mol. The topological polar surface area (TPSA) is 82.5 Å². The standard InChI is InChI=1S/C27H34ClF2N4O4PS/c1-5-11-32(4)40(36,37)24(16-31-3)17-33-18-34(22-13-19(6-2)12-21(28)15-22)26(35)25(33)14-20-7-9-23(10-8-20)38-27(29,30)39/h7-10,12-13,15-16,25H,3,5-6,11,14,17-18,39H2,1-2,4H3/b24-16+. The number of amides is 1. The molecule has 2 atom stereocenters. The molecule has 3 rings (SSSR count). The van der Waals surface area contributed by atoms with Crippen LogP contribution in [0.25, 0.3) is 0 Å². The number of sulfonamides is 1. The zero-order chi connectivity index (χ0) is 29.7. The number of halogens is 3. The van der Waals surface area contributed by atoms with Crippen LogP contribution in [-0.4, -0.2) is 68.9 Å². The lowest BCUT2D eigenvalue weighted by Gasteiger charge is -2.25. The molecule has 0 bridgehead atoms. The summed E-state index contributed by atoms with van der Waals surface area (Å²) in [5.41, 5.74) is 2.24. The van der Waals surface area contributed by atoms with Crippen molar-refractivity contribution in [2.45, 2.75) is 45.0 Å². The van der Waals surface area contributed by atoms with Crippen LogP contribution in [0.4, 0.5) is 14.5 Å². The third-order valence-corrected chi connectivity index (χ3v) is 8.69. The predicted octanol–water partition coefficient (Wildman–Crippen LogP) is 5.14. The van der Waals surface area contributed by atoms with E-state index in [4.69, 9.17) is 11.6 Å². The van der Waals surface area contributed by atoms with Crippen molar-refractivity contribution in [2.24, 2.45) is 4.99 Å². The molecule has 0 aromatic heterocycles. The first kappa shape index (κ1) is 32.1. The Bertz CT molecular complexity index is 1350. The minimum Gasteiger partial charge on any atom is -0.430 e. The van der Waals surface area contributed by atoms with E-state index in [1.807, 2.05) is 26.0 Å². The fourth-order valence-electron chi connectivity index (χ4n) is 4.46. The molecular formula is C27H34ClF2N4O4PS. The van der Waals surface area contributed by atoms with E-state index in [1.54, 1.807) is 28.0 Å². The molecule has 2 unspecified atom stereocenters. The summed E-state index contributed by atoms with van der Waals surface area (Å²) < 4.78 is 58.9. The second kappa shape index (κ2) is 13.5. The van der Waals surface area contributed by atoms with Crippen molar-refractivity contribution in [3.05, 3.63) is 69.7 Å². The third-order valence-electron chi connectivity index (χ3n) is 6.46. The second-order valence-electron chi connectivity index (χ2n) is 9.46. The van der Waals surface area contributed by atoms with Gasteiger partial charge in [0.1, 0.15) is 5.75 Å². The summed E-state index contributed by atoms with van der Waals surface area (Å²) in [7, 11) is -1.06. The lowest BCUT2D eigenvalue weighted by molar-refractivity contribution is -0.119. The van der Waals surface area contributed by atoms with Crippen molar-refractivity contribution in [3.63, 3.8) is 0 Å². The van der Waals surface area contributed by atoms with Gasteiger partial charge in [-0.15, -0.1) is 0 Å². The van der Waals surface area contributed by atoms with Gasteiger partial charge >= 0.3 is 5.85 Å². The number of benzene rings is 2. The molecule has 1 fully saturated rings. The Morgan fingerprint density at radius 3 is 2.50 bits per heavy atom. The van der Waals surface area contributed by atoms with Gasteiger partial charge in [0, 0.05) is 37.0 Å². The molecule has 2 aromatic carbocycles. The maximum Gasteiger partial charge on any atom is 0.408 e. The fourth-order valence-corrected chi connectivity index (χ4v) is 6.21. The number of carbonyl (C=O) groups is 1. The van der Waals surface area contributed by atoms with Crippen LogP contribution in [-0.2, 0) is 27.7 Å². The van der Waals surface area contributed by atoms with E-state index < -0.39 is 21.9 Å². The van der Waals surface area contributed by atoms with Gasteiger partial charge in [0.2, 0.25) is 15.9 Å². The second-order valence-corrected chi connectivity index (χ2v) is 12.7. The average molecular weight is 615 g/mol. The van der Waals surface area contributed by atoms with Crippen molar-refractivity contribution in [1.82, 2.24) is 9.21 Å². The Hall–Kier alpha value is -2.43. The first-order valence-electron chi connectivity index (χ1n) is 12.7. The number of anilines is 1. The van der Waals surface area contributed by atoms with Gasteiger partial charge in [0.25, 0.3) is 0 Å². The highest BCUT2D eigenvalue weighted by atomic mass is 35.5. The highest BCUT2D eigenvalue weighted by Crippen LogP contribution is 2.31. The van der Waals surface area contributed by atoms with E-state index in [0.29, 0.717) is 35.7 Å². The minimum atomic E-state index is -3.87. The molecule has 0 N–H and O–H groups in total. The summed E-state index contributed by atoms with van der Waals surface area (Å²) in [5.74, 6) is -3.68. The quantitative estimate of drug-likeness (QED) is 0.231. The number of hydrogen-bond donors (Lipinski definition) is 0. The van der Waals surface area contributed by atoms with Gasteiger partial charge in [0.15, 0.2) is 0 Å². The Labute approximate surface area is 241 Å². The zero-order valence-corrected chi connectivity index (χ0v) is 25.4. The molecule has 1 aliphatic heterocycles. The van der Waals surface area contributed by atoms with Crippen LogP contribution in [0.5, 0.6) is 5.75 Å². The van der Waals surface area contributed by atoms with Gasteiger partial charge in [-0.05, 0) is 76.7 Å². The van der Waals surface area contributed by atoms with E-state index in [0.717, 1.165) is 5.56 Å². The van der Waals surface area contributed by atoms with E-state index >= 15 is 0 Å². The highest BCUT2D eigenvalue weighted by molar-refractivity contribution is 7.93. The Balaban J connectivity index is 1.98. The number of aliphatic imine (C=N–C) groups is 1. The van der Waals surface area contributed by atoms with E-state index in [-0.39, 0.29) is 36.2 Å². The molecule has 1 heterocycles. The molecule has 0 spiro atoms. The first-order valence-corrected chi connectivity index (χ1v) is 15.1. The average Bonchev–Trinajstić information content (AvgIpc) is 3.18. The summed E-state index contributed by atoms with van der Waals surface area (Å²) in [6.07, 6.45) is 2.75. The summed E-state index contributed by atoms with van der Waals surface area (Å²) >= 11 is 6.34. The molecule has 218 valence electrons. The number of carbonyl (C=O) groups excluding carboxylic acids is 1. The number of nitrogens with zero attached hydrogens (tertiary/aromatic N) is 4. The van der Waals surface area contributed by atoms with Gasteiger partial charge < -0.3 is 4.74 Å². The molecule has 1 saturated heterocycles. The van der Waals surface area contributed by atoms with Gasteiger partial charge in [0.05, 0.1) is 17.6 Å². The maximum atomic E-state index is 13.8. The van der Waals surface area contributed by atoms with Crippen molar-refractivity contribution >= 4 is 49.2 Å². The third kappa shape index (κ3) is 8.07. The smallest absolute Gasteiger partial charge is 0.408 e. The Morgan fingerprint density at radius 2 is 1.93 bits per heavy atom. The molecule has 1 amide bonds. The molecule has 13 heteroatoms. The number of aryl methyl sites for hydroxylation is 1. The van der Waals surface area contributed by atoms with Crippen LogP contribution < -0.4 is 9.64 Å². The summed E-state index contributed by atoms with van der Waals surface area (Å²) in [6.45, 7) is 7.62. The van der Waals surface area contributed by atoms with Gasteiger partial charge in [-0.2, -0.15) is 8.78 Å². The highest BCUT2D eigenvalue weighted by Gasteiger charge is 2.41. The Morgan fingerprint density at radius 1 is 1.25 bits per heavy atom. The number of rotatable bonds is 13. The molecule has 40 heavy (non-hydrogen) atoms. The number of ether oxygens (including phenoxy) is 1. The Kier molecular flexibility index (Phi) is 10.8. The molecule has 1 aliphatic rings. The normalized spacial score (nSPS) is 17.1. The van der Waals surface area contributed by atoms with E-state index in [1.165, 1.54) is 38.9 Å². The van der Waals surface area contributed by atoms with Crippen LogP contribution in [0.15, 0.2) is 58.6 Å². The SMILES string of the molecule is C=N/C=C(\CN1CN(c2cc(Cl)cc(CC)c2)C(=O)C1Cc1ccc(OC(F)(F)P)cc1)S(=O)(=O)N(C)CCC. The lowest BCUT2D eigenvalue weighted by Crippen LogP contribution is -2.39. The minimum absolute atomic E-state index is 0.00451. The van der Waals surface area contributed by atoms with Crippen LogP contribution in [0, 0.1) is 0 Å². The summed E-state index contributed by atoms with van der Waals surface area (Å²) in [4.78, 5) is 20.9.